The Labute approximate surface area is 149 Å². The van der Waals surface area contributed by atoms with Gasteiger partial charge in [-0.05, 0) is 48.5 Å². The number of ether oxygens (including phenoxy) is 1. The third-order valence-corrected chi connectivity index (χ3v) is 4.03. The first kappa shape index (κ1) is 15.8. The Morgan fingerprint density at radius 1 is 1.08 bits per heavy atom. The molecule has 0 saturated heterocycles. The molecule has 4 aromatic rings. The highest BCUT2D eigenvalue weighted by atomic mass is 16.5. The number of anilines is 1. The molecule has 128 valence electrons. The van der Waals surface area contributed by atoms with Crippen molar-refractivity contribution in [1.29, 1.82) is 0 Å². The van der Waals surface area contributed by atoms with Gasteiger partial charge in [-0.3, -0.25) is 9.78 Å². The predicted molar refractivity (Wildman–Crippen MR) is 100 cm³/mol. The summed E-state index contributed by atoms with van der Waals surface area (Å²) < 4.78 is 5.16. The molecule has 0 atom stereocenters. The number of carbonyl (C=O) groups is 1. The van der Waals surface area contributed by atoms with E-state index in [1.165, 1.54) is 0 Å². The van der Waals surface area contributed by atoms with Crippen LogP contribution in [0, 0.1) is 0 Å². The van der Waals surface area contributed by atoms with Crippen LogP contribution in [0.1, 0.15) is 10.4 Å². The first-order chi connectivity index (χ1) is 12.7. The maximum atomic E-state index is 12.4. The number of hydrogen-bond acceptors (Lipinski definition) is 4. The number of benzene rings is 2. The van der Waals surface area contributed by atoms with Crippen LogP contribution in [0.4, 0.5) is 5.69 Å². The number of methoxy groups -OCH3 is 1. The normalized spacial score (nSPS) is 10.7. The number of aromatic nitrogens is 3. The lowest BCUT2D eigenvalue weighted by atomic mass is 10.2. The Hall–Kier alpha value is -3.67. The summed E-state index contributed by atoms with van der Waals surface area (Å²) in [6.07, 6.45) is 3.45. The van der Waals surface area contributed by atoms with Gasteiger partial charge in [-0.1, -0.05) is 6.07 Å². The smallest absolute Gasteiger partial charge is 0.255 e. The average Bonchev–Trinajstić information content (AvgIpc) is 3.12. The standard InChI is InChI=1S/C20H16N4O2/c1-26-16-4-2-3-14(11-16)20(25)22-15-5-6-17-18(12-15)24-19(23-17)13-7-9-21-10-8-13/h2-12H,1H3,(H,22,25)(H,23,24). The van der Waals surface area contributed by atoms with Crippen molar-refractivity contribution < 1.29 is 9.53 Å². The number of H-pyrrole nitrogens is 1. The first-order valence-corrected chi connectivity index (χ1v) is 8.08. The van der Waals surface area contributed by atoms with Crippen LogP contribution < -0.4 is 10.1 Å². The van der Waals surface area contributed by atoms with Crippen molar-refractivity contribution in [3.63, 3.8) is 0 Å². The summed E-state index contributed by atoms with van der Waals surface area (Å²) in [6, 6.07) is 16.4. The van der Waals surface area contributed by atoms with E-state index >= 15 is 0 Å². The van der Waals surface area contributed by atoms with Crippen LogP contribution >= 0.6 is 0 Å². The molecule has 0 radical (unpaired) electrons. The zero-order valence-corrected chi connectivity index (χ0v) is 14.1. The number of pyridine rings is 1. The molecule has 0 bridgehead atoms. The third-order valence-electron chi connectivity index (χ3n) is 4.03. The van der Waals surface area contributed by atoms with Gasteiger partial charge in [0.1, 0.15) is 11.6 Å². The van der Waals surface area contributed by atoms with Crippen LogP contribution in [0.5, 0.6) is 5.75 Å². The summed E-state index contributed by atoms with van der Waals surface area (Å²) in [4.78, 5) is 24.3. The predicted octanol–water partition coefficient (Wildman–Crippen LogP) is 3.89. The lowest BCUT2D eigenvalue weighted by Gasteiger charge is -2.06. The third kappa shape index (κ3) is 3.12. The van der Waals surface area contributed by atoms with Crippen molar-refractivity contribution in [1.82, 2.24) is 15.0 Å². The molecule has 2 aromatic heterocycles. The largest absolute Gasteiger partial charge is 0.497 e. The SMILES string of the molecule is COc1cccc(C(=O)Nc2ccc3nc(-c4ccncc4)[nH]c3c2)c1. The maximum Gasteiger partial charge on any atom is 0.255 e. The summed E-state index contributed by atoms with van der Waals surface area (Å²) in [7, 11) is 1.57. The number of nitrogens with one attached hydrogen (secondary N) is 2. The van der Waals surface area contributed by atoms with Crippen LogP contribution in [-0.4, -0.2) is 28.0 Å². The molecule has 6 nitrogen and oxygen atoms in total. The Bertz CT molecular complexity index is 1070. The Kier molecular flexibility index (Phi) is 4.07. The van der Waals surface area contributed by atoms with E-state index in [1.54, 1.807) is 43.8 Å². The van der Waals surface area contributed by atoms with Crippen molar-refractivity contribution in [2.24, 2.45) is 0 Å². The molecule has 2 N–H and O–H groups in total. The molecule has 0 fully saturated rings. The molecule has 2 aromatic carbocycles. The van der Waals surface area contributed by atoms with E-state index in [2.05, 4.69) is 20.3 Å². The first-order valence-electron chi connectivity index (χ1n) is 8.08. The van der Waals surface area contributed by atoms with E-state index in [0.717, 1.165) is 22.4 Å². The van der Waals surface area contributed by atoms with Crippen molar-refractivity contribution in [3.8, 4) is 17.1 Å². The second-order valence-electron chi connectivity index (χ2n) is 5.74. The highest BCUT2D eigenvalue weighted by molar-refractivity contribution is 6.05. The van der Waals surface area contributed by atoms with Gasteiger partial charge in [0.05, 0.1) is 18.1 Å². The van der Waals surface area contributed by atoms with Gasteiger partial charge in [-0.25, -0.2) is 4.98 Å². The summed E-state index contributed by atoms with van der Waals surface area (Å²) in [5.74, 6) is 1.21. The lowest BCUT2D eigenvalue weighted by molar-refractivity contribution is 0.102. The second kappa shape index (κ2) is 6.68. The molecule has 0 unspecified atom stereocenters. The Morgan fingerprint density at radius 2 is 1.92 bits per heavy atom. The molecule has 0 spiro atoms. The quantitative estimate of drug-likeness (QED) is 0.589. The number of nitrogens with zero attached hydrogens (tertiary/aromatic N) is 2. The van der Waals surface area contributed by atoms with Crippen molar-refractivity contribution >= 4 is 22.6 Å². The van der Waals surface area contributed by atoms with Crippen molar-refractivity contribution in [3.05, 3.63) is 72.6 Å². The molecule has 6 heteroatoms. The molecule has 1 amide bonds. The fourth-order valence-corrected chi connectivity index (χ4v) is 2.70. The number of carbonyl (C=O) groups excluding carboxylic acids is 1. The summed E-state index contributed by atoms with van der Waals surface area (Å²) in [5, 5.41) is 2.90. The molecular weight excluding hydrogens is 328 g/mol. The van der Waals surface area contributed by atoms with Gasteiger partial charge < -0.3 is 15.0 Å². The minimum absolute atomic E-state index is 0.197. The van der Waals surface area contributed by atoms with Crippen LogP contribution in [0.3, 0.4) is 0 Å². The number of amides is 1. The van der Waals surface area contributed by atoms with Crippen molar-refractivity contribution in [2.45, 2.75) is 0 Å². The minimum Gasteiger partial charge on any atom is -0.497 e. The van der Waals surface area contributed by atoms with E-state index in [4.69, 9.17) is 4.74 Å². The lowest BCUT2D eigenvalue weighted by Crippen LogP contribution is -2.11. The summed E-state index contributed by atoms with van der Waals surface area (Å²) in [6.45, 7) is 0. The number of aromatic amines is 1. The summed E-state index contributed by atoms with van der Waals surface area (Å²) >= 11 is 0. The molecule has 2 heterocycles. The van der Waals surface area contributed by atoms with Crippen LogP contribution in [-0.2, 0) is 0 Å². The number of fused-ring (bicyclic) bond motifs is 1. The highest BCUT2D eigenvalue weighted by Crippen LogP contribution is 2.23. The van der Waals surface area contributed by atoms with Gasteiger partial charge in [0.25, 0.3) is 5.91 Å². The monoisotopic (exact) mass is 344 g/mol. The molecule has 0 aliphatic heterocycles. The number of rotatable bonds is 4. The number of hydrogen-bond donors (Lipinski definition) is 2. The zero-order chi connectivity index (χ0) is 17.9. The maximum absolute atomic E-state index is 12.4. The fourth-order valence-electron chi connectivity index (χ4n) is 2.70. The van der Waals surface area contributed by atoms with Gasteiger partial charge in [-0.2, -0.15) is 0 Å². The minimum atomic E-state index is -0.197. The molecule has 4 rings (SSSR count). The highest BCUT2D eigenvalue weighted by Gasteiger charge is 2.10. The van der Waals surface area contributed by atoms with E-state index in [1.807, 2.05) is 30.3 Å². The summed E-state index contributed by atoms with van der Waals surface area (Å²) in [5.41, 5.74) is 3.86. The number of imidazole rings is 1. The van der Waals surface area contributed by atoms with Crippen molar-refractivity contribution in [2.75, 3.05) is 12.4 Å². The second-order valence-corrected chi connectivity index (χ2v) is 5.74. The average molecular weight is 344 g/mol. The van der Waals surface area contributed by atoms with Crippen LogP contribution in [0.2, 0.25) is 0 Å². The molecule has 0 aliphatic carbocycles. The van der Waals surface area contributed by atoms with Gasteiger partial charge in [-0.15, -0.1) is 0 Å². The van der Waals surface area contributed by atoms with Crippen LogP contribution in [0.15, 0.2) is 67.0 Å². The van der Waals surface area contributed by atoms with Gasteiger partial charge >= 0.3 is 0 Å². The molecule has 0 saturated carbocycles. The zero-order valence-electron chi connectivity index (χ0n) is 14.1. The van der Waals surface area contributed by atoms with E-state index in [-0.39, 0.29) is 5.91 Å². The van der Waals surface area contributed by atoms with E-state index in [9.17, 15) is 4.79 Å². The van der Waals surface area contributed by atoms with E-state index in [0.29, 0.717) is 17.0 Å². The van der Waals surface area contributed by atoms with Crippen LogP contribution in [0.25, 0.3) is 22.4 Å². The van der Waals surface area contributed by atoms with Gasteiger partial charge in [0.2, 0.25) is 0 Å². The van der Waals surface area contributed by atoms with E-state index < -0.39 is 0 Å². The molecular formula is C20H16N4O2. The topological polar surface area (TPSA) is 79.9 Å². The van der Waals surface area contributed by atoms with Gasteiger partial charge in [0.15, 0.2) is 0 Å². The molecule has 26 heavy (non-hydrogen) atoms. The molecule has 0 aliphatic rings. The Morgan fingerprint density at radius 3 is 2.73 bits per heavy atom. The van der Waals surface area contributed by atoms with Gasteiger partial charge in [0, 0.05) is 29.2 Å². The fraction of sp³-hybridized carbons (Fsp3) is 0.0500. The Balaban J connectivity index is 1.60.